The van der Waals surface area contributed by atoms with Crippen molar-refractivity contribution in [2.75, 3.05) is 13.6 Å². The van der Waals surface area contributed by atoms with Gasteiger partial charge in [0, 0.05) is 18.1 Å². The molecule has 3 nitrogen and oxygen atoms in total. The quantitative estimate of drug-likeness (QED) is 0.508. The molecule has 0 aliphatic carbocycles. The molecule has 1 aromatic rings. The summed E-state index contributed by atoms with van der Waals surface area (Å²) in [6, 6.07) is 2.37. The molecule has 1 aromatic carbocycles. The first-order valence-electron chi connectivity index (χ1n) is 5.11. The molecule has 18 heavy (non-hydrogen) atoms. The Bertz CT molecular complexity index is 464. The van der Waals surface area contributed by atoms with Gasteiger partial charge in [-0.25, -0.2) is 13.8 Å². The molecule has 0 spiro atoms. The molecular formula is C12H13BrF2N2O. The Hall–Kier alpha value is -1.43. The van der Waals surface area contributed by atoms with Crippen LogP contribution < -0.4 is 0 Å². The molecule has 0 saturated carbocycles. The zero-order valence-electron chi connectivity index (χ0n) is 9.78. The van der Waals surface area contributed by atoms with Crippen LogP contribution in [0.5, 0.6) is 5.75 Å². The van der Waals surface area contributed by atoms with Crippen LogP contribution in [0.2, 0.25) is 0 Å². The molecule has 0 amide bonds. The molecule has 0 radical (unpaired) electrons. The Morgan fingerprint density at radius 3 is 2.78 bits per heavy atom. The molecule has 0 fully saturated rings. The number of alkyl halides is 2. The smallest absolute Gasteiger partial charge is 0.267 e. The number of halogens is 3. The van der Waals surface area contributed by atoms with Crippen LogP contribution in [-0.4, -0.2) is 29.9 Å². The van der Waals surface area contributed by atoms with Crippen molar-refractivity contribution in [3.63, 3.8) is 0 Å². The summed E-state index contributed by atoms with van der Waals surface area (Å²) < 4.78 is 25.7. The van der Waals surface area contributed by atoms with Crippen molar-refractivity contribution in [1.29, 1.82) is 0 Å². The average molecular weight is 319 g/mol. The van der Waals surface area contributed by atoms with Gasteiger partial charge in [-0.2, -0.15) is 0 Å². The number of hydrogen-bond donors (Lipinski definition) is 1. The first-order chi connectivity index (χ1) is 8.45. The molecule has 0 heterocycles. The van der Waals surface area contributed by atoms with Crippen molar-refractivity contribution >= 4 is 28.0 Å². The minimum absolute atomic E-state index is 0.332. The van der Waals surface area contributed by atoms with Crippen molar-refractivity contribution < 1.29 is 13.9 Å². The minimum atomic E-state index is -2.74. The molecule has 0 bridgehead atoms. The van der Waals surface area contributed by atoms with Gasteiger partial charge >= 0.3 is 0 Å². The van der Waals surface area contributed by atoms with Gasteiger partial charge in [0.05, 0.1) is 17.6 Å². The number of aromatic hydroxyl groups is 1. The lowest BCUT2D eigenvalue weighted by Crippen LogP contribution is -2.15. The van der Waals surface area contributed by atoms with Crippen LogP contribution in [0.15, 0.2) is 34.3 Å². The van der Waals surface area contributed by atoms with Gasteiger partial charge in [0.2, 0.25) is 0 Å². The summed E-state index contributed by atoms with van der Waals surface area (Å²) in [6.07, 6.45) is 0.467. The van der Waals surface area contributed by atoms with E-state index in [-0.39, 0.29) is 0 Å². The molecule has 1 rings (SSSR count). The summed E-state index contributed by atoms with van der Waals surface area (Å²) in [5, 5.41) is 9.36. The predicted octanol–water partition coefficient (Wildman–Crippen LogP) is 3.87. The topological polar surface area (TPSA) is 35.8 Å². The van der Waals surface area contributed by atoms with Crippen LogP contribution in [0.3, 0.4) is 0 Å². The van der Waals surface area contributed by atoms with Crippen molar-refractivity contribution in [2.24, 2.45) is 4.99 Å². The van der Waals surface area contributed by atoms with Gasteiger partial charge < -0.3 is 10.0 Å². The van der Waals surface area contributed by atoms with Gasteiger partial charge in [-0.15, -0.1) is 6.58 Å². The lowest BCUT2D eigenvalue weighted by Gasteiger charge is -2.10. The van der Waals surface area contributed by atoms with Crippen molar-refractivity contribution in [2.45, 2.75) is 6.43 Å². The zero-order valence-corrected chi connectivity index (χ0v) is 11.4. The number of benzene rings is 1. The largest absolute Gasteiger partial charge is 0.507 e. The lowest BCUT2D eigenvalue weighted by atomic mass is 10.2. The molecular weight excluding hydrogens is 306 g/mol. The summed E-state index contributed by atoms with van der Waals surface area (Å²) in [5.41, 5.74) is -0.101. The highest BCUT2D eigenvalue weighted by atomic mass is 79.9. The third-order valence-corrected chi connectivity index (χ3v) is 2.78. The summed E-state index contributed by atoms with van der Waals surface area (Å²) in [6.45, 7) is 4.18. The van der Waals surface area contributed by atoms with E-state index in [1.807, 2.05) is 0 Å². The van der Waals surface area contributed by atoms with Gasteiger partial charge in [-0.1, -0.05) is 6.08 Å². The molecule has 0 saturated heterocycles. The van der Waals surface area contributed by atoms with Crippen LogP contribution in [0.1, 0.15) is 12.0 Å². The van der Waals surface area contributed by atoms with Gasteiger partial charge in [0.1, 0.15) is 5.75 Å². The second-order valence-electron chi connectivity index (χ2n) is 3.64. The monoisotopic (exact) mass is 318 g/mol. The van der Waals surface area contributed by atoms with E-state index in [0.29, 0.717) is 16.7 Å². The fourth-order valence-corrected chi connectivity index (χ4v) is 1.69. The first-order valence-corrected chi connectivity index (χ1v) is 5.91. The van der Waals surface area contributed by atoms with E-state index < -0.39 is 17.7 Å². The third kappa shape index (κ3) is 3.80. The second-order valence-corrected chi connectivity index (χ2v) is 4.49. The highest BCUT2D eigenvalue weighted by Crippen LogP contribution is 2.36. The Balaban J connectivity index is 3.02. The fraction of sp³-hybridized carbons (Fsp3) is 0.250. The van der Waals surface area contributed by atoms with Gasteiger partial charge in [-0.05, 0) is 28.1 Å². The van der Waals surface area contributed by atoms with Gasteiger partial charge in [0.25, 0.3) is 6.43 Å². The Labute approximate surface area is 113 Å². The Morgan fingerprint density at radius 1 is 1.56 bits per heavy atom. The molecule has 0 aliphatic rings. The van der Waals surface area contributed by atoms with Gasteiger partial charge in [-0.3, -0.25) is 0 Å². The third-order valence-electron chi connectivity index (χ3n) is 2.14. The summed E-state index contributed by atoms with van der Waals surface area (Å²) in [5.74, 6) is -0.449. The van der Waals surface area contributed by atoms with Crippen LogP contribution in [0.4, 0.5) is 14.5 Å². The number of likely N-dealkylation sites (N-methyl/N-ethyl adjacent to an activating group) is 1. The highest BCUT2D eigenvalue weighted by Gasteiger charge is 2.15. The first kappa shape index (κ1) is 14.6. The molecule has 0 aliphatic heterocycles. The number of rotatable bonds is 5. The number of hydrogen-bond acceptors (Lipinski definition) is 2. The SMILES string of the molecule is C=CCN(C)C=Nc1cc(C(F)F)c(O)cc1Br. The van der Waals surface area contributed by atoms with Crippen molar-refractivity contribution in [1.82, 2.24) is 4.90 Å². The predicted molar refractivity (Wildman–Crippen MR) is 71.7 cm³/mol. The number of nitrogens with zero attached hydrogens (tertiary/aromatic N) is 2. The van der Waals surface area contributed by atoms with E-state index in [9.17, 15) is 13.9 Å². The maximum atomic E-state index is 12.6. The molecule has 0 atom stereocenters. The normalized spacial score (nSPS) is 11.2. The summed E-state index contributed by atoms with van der Waals surface area (Å²) in [4.78, 5) is 5.81. The summed E-state index contributed by atoms with van der Waals surface area (Å²) >= 11 is 3.16. The van der Waals surface area contributed by atoms with Crippen LogP contribution in [-0.2, 0) is 0 Å². The molecule has 98 valence electrons. The van der Waals surface area contributed by atoms with Crippen molar-refractivity contribution in [3.05, 3.63) is 34.8 Å². The van der Waals surface area contributed by atoms with E-state index in [4.69, 9.17) is 0 Å². The molecule has 6 heteroatoms. The van der Waals surface area contributed by atoms with Crippen molar-refractivity contribution in [3.8, 4) is 5.75 Å². The Kier molecular flexibility index (Phi) is 5.27. The van der Waals surface area contributed by atoms with E-state index in [2.05, 4.69) is 27.5 Å². The number of aliphatic imine (C=N–C) groups is 1. The zero-order chi connectivity index (χ0) is 13.7. The molecule has 0 aromatic heterocycles. The van der Waals surface area contributed by atoms with E-state index in [1.54, 1.807) is 18.0 Å². The second kappa shape index (κ2) is 6.49. The Morgan fingerprint density at radius 2 is 2.22 bits per heavy atom. The van der Waals surface area contributed by atoms with Crippen LogP contribution in [0, 0.1) is 0 Å². The molecule has 1 N–H and O–H groups in total. The minimum Gasteiger partial charge on any atom is -0.507 e. The van der Waals surface area contributed by atoms with Gasteiger partial charge in [0.15, 0.2) is 0 Å². The van der Waals surface area contributed by atoms with E-state index in [1.165, 1.54) is 12.4 Å². The van der Waals surface area contributed by atoms with Crippen LogP contribution in [0.25, 0.3) is 0 Å². The van der Waals surface area contributed by atoms with E-state index in [0.717, 1.165) is 6.07 Å². The van der Waals surface area contributed by atoms with E-state index >= 15 is 0 Å². The highest BCUT2D eigenvalue weighted by molar-refractivity contribution is 9.10. The number of phenolic OH excluding ortho intramolecular Hbond substituents is 1. The number of phenols is 1. The maximum Gasteiger partial charge on any atom is 0.267 e. The fourth-order valence-electron chi connectivity index (χ4n) is 1.25. The summed E-state index contributed by atoms with van der Waals surface area (Å²) in [7, 11) is 1.79. The standard InChI is InChI=1S/C12H13BrF2N2O/c1-3-4-17(2)7-16-10-5-8(12(14)15)11(18)6-9(10)13/h3,5-7,12,18H,1,4H2,2H3. The molecule has 0 unspecified atom stereocenters. The maximum absolute atomic E-state index is 12.6. The average Bonchev–Trinajstić information content (AvgIpc) is 2.27. The lowest BCUT2D eigenvalue weighted by molar-refractivity contribution is 0.147. The van der Waals surface area contributed by atoms with Crippen LogP contribution >= 0.6 is 15.9 Å².